The fourth-order valence-corrected chi connectivity index (χ4v) is 4.17. The summed E-state index contributed by atoms with van der Waals surface area (Å²) in [6.07, 6.45) is 8.72. The lowest BCUT2D eigenvalue weighted by Gasteiger charge is -2.22. The first kappa shape index (κ1) is 20.8. The van der Waals surface area contributed by atoms with Gasteiger partial charge in [0.15, 0.2) is 5.78 Å². The number of nitrogen functional groups attached to an aromatic ring is 1. The number of urea groups is 1. The van der Waals surface area contributed by atoms with E-state index in [0.29, 0.717) is 27.8 Å². The van der Waals surface area contributed by atoms with Crippen molar-refractivity contribution in [2.24, 2.45) is 0 Å². The first-order valence-electron chi connectivity index (χ1n) is 10.8. The third kappa shape index (κ3) is 4.38. The Hall–Kier alpha value is -3.42. The maximum Gasteiger partial charge on any atom is 0.319 e. The Kier molecular flexibility index (Phi) is 5.88. The molecule has 1 aliphatic rings. The van der Waals surface area contributed by atoms with E-state index in [1.54, 1.807) is 30.5 Å². The van der Waals surface area contributed by atoms with Gasteiger partial charge in [0.05, 0.1) is 10.9 Å². The maximum atomic E-state index is 13.4. The normalized spacial score (nSPS) is 14.7. The summed E-state index contributed by atoms with van der Waals surface area (Å²) >= 11 is 0. The van der Waals surface area contributed by atoms with Gasteiger partial charge in [0.2, 0.25) is 0 Å². The minimum Gasteiger partial charge on any atom is -0.383 e. The summed E-state index contributed by atoms with van der Waals surface area (Å²) in [6, 6.07) is 7.01. The molecule has 4 N–H and O–H groups in total. The lowest BCUT2D eigenvalue weighted by atomic mass is 9.96. The quantitative estimate of drug-likeness (QED) is 0.533. The fraction of sp³-hybridized carbons (Fsp3) is 0.391. The molecule has 162 valence electrons. The molecule has 0 spiro atoms. The number of anilines is 2. The van der Waals surface area contributed by atoms with Crippen LogP contribution in [0.15, 0.2) is 36.8 Å². The van der Waals surface area contributed by atoms with E-state index in [-0.39, 0.29) is 29.7 Å². The van der Waals surface area contributed by atoms with Crippen molar-refractivity contribution in [1.29, 1.82) is 0 Å². The zero-order chi connectivity index (χ0) is 22.0. The molecule has 2 amide bonds. The molecule has 31 heavy (non-hydrogen) atoms. The molecular weight excluding hydrogens is 392 g/mol. The van der Waals surface area contributed by atoms with Crippen molar-refractivity contribution < 1.29 is 9.59 Å². The first-order valence-corrected chi connectivity index (χ1v) is 10.8. The van der Waals surface area contributed by atoms with Crippen molar-refractivity contribution in [3.63, 3.8) is 0 Å². The molecule has 2 aromatic heterocycles. The molecule has 4 rings (SSSR count). The average Bonchev–Trinajstić information content (AvgIpc) is 3.15. The number of nitrogens with zero attached hydrogens (tertiary/aromatic N) is 3. The molecule has 0 bridgehead atoms. The summed E-state index contributed by atoms with van der Waals surface area (Å²) in [5.74, 6) is 0.0797. The summed E-state index contributed by atoms with van der Waals surface area (Å²) in [7, 11) is 0. The lowest BCUT2D eigenvalue weighted by molar-refractivity contribution is 0.104. The third-order valence-electron chi connectivity index (χ3n) is 5.76. The van der Waals surface area contributed by atoms with Crippen LogP contribution in [0.1, 0.15) is 67.9 Å². The highest BCUT2D eigenvalue weighted by molar-refractivity contribution is 6.18. The number of benzene rings is 1. The Morgan fingerprint density at radius 3 is 2.68 bits per heavy atom. The molecule has 0 atom stereocenters. The number of nitrogens with one attached hydrogen (secondary N) is 2. The number of rotatable bonds is 5. The molecule has 8 heteroatoms. The number of carbonyl (C=O) groups is 2. The molecule has 1 saturated carbocycles. The molecule has 1 fully saturated rings. The van der Waals surface area contributed by atoms with Gasteiger partial charge < -0.3 is 20.9 Å². The second-order valence-corrected chi connectivity index (χ2v) is 8.34. The molecule has 1 aliphatic carbocycles. The Bertz CT molecular complexity index is 1110. The number of hydrogen-bond acceptors (Lipinski definition) is 5. The van der Waals surface area contributed by atoms with Crippen LogP contribution in [-0.4, -0.2) is 32.4 Å². The highest BCUT2D eigenvalue weighted by Gasteiger charge is 2.22. The van der Waals surface area contributed by atoms with Gasteiger partial charge in [0, 0.05) is 29.5 Å². The highest BCUT2D eigenvalue weighted by Crippen LogP contribution is 2.29. The standard InChI is InChI=1S/C23H28N6O2/c1-14(2)29-12-18(19-21(24)25-13-26-22(19)29)20(30)15-7-6-10-17(11-15)28-23(31)27-16-8-4-3-5-9-16/h6-7,10-14,16H,3-5,8-9H2,1-2H3,(H2,24,25,26)(H2,27,28,31). The van der Waals surface area contributed by atoms with E-state index in [4.69, 9.17) is 5.73 Å². The van der Waals surface area contributed by atoms with E-state index in [1.165, 1.54) is 12.7 Å². The largest absolute Gasteiger partial charge is 0.383 e. The van der Waals surface area contributed by atoms with Gasteiger partial charge in [0.1, 0.15) is 17.8 Å². The number of carbonyl (C=O) groups excluding carboxylic acids is 2. The number of hydrogen-bond donors (Lipinski definition) is 3. The van der Waals surface area contributed by atoms with Gasteiger partial charge in [-0.3, -0.25) is 4.79 Å². The van der Waals surface area contributed by atoms with Crippen molar-refractivity contribution in [1.82, 2.24) is 19.9 Å². The summed E-state index contributed by atoms with van der Waals surface area (Å²) in [6.45, 7) is 4.03. The van der Waals surface area contributed by atoms with E-state index < -0.39 is 0 Å². The summed E-state index contributed by atoms with van der Waals surface area (Å²) in [5, 5.41) is 6.43. The topological polar surface area (TPSA) is 115 Å². The van der Waals surface area contributed by atoms with E-state index in [9.17, 15) is 9.59 Å². The zero-order valence-electron chi connectivity index (χ0n) is 17.9. The van der Waals surface area contributed by atoms with E-state index in [1.807, 2.05) is 18.4 Å². The van der Waals surface area contributed by atoms with Crippen LogP contribution in [0.3, 0.4) is 0 Å². The molecule has 2 heterocycles. The van der Waals surface area contributed by atoms with Crippen LogP contribution in [0.4, 0.5) is 16.3 Å². The van der Waals surface area contributed by atoms with Gasteiger partial charge in [-0.2, -0.15) is 0 Å². The van der Waals surface area contributed by atoms with Crippen LogP contribution in [0.2, 0.25) is 0 Å². The number of fused-ring (bicyclic) bond motifs is 1. The van der Waals surface area contributed by atoms with Crippen molar-refractivity contribution in [3.05, 3.63) is 47.9 Å². The average molecular weight is 421 g/mol. The van der Waals surface area contributed by atoms with Crippen molar-refractivity contribution in [2.75, 3.05) is 11.1 Å². The third-order valence-corrected chi connectivity index (χ3v) is 5.76. The molecule has 0 radical (unpaired) electrons. The van der Waals surface area contributed by atoms with Crippen LogP contribution in [-0.2, 0) is 0 Å². The number of ketones is 1. The SMILES string of the molecule is CC(C)n1cc(C(=O)c2cccc(NC(=O)NC3CCCCC3)c2)c2c(N)ncnc21. The lowest BCUT2D eigenvalue weighted by Crippen LogP contribution is -2.39. The second-order valence-electron chi connectivity index (χ2n) is 8.34. The van der Waals surface area contributed by atoms with Crippen LogP contribution in [0.5, 0.6) is 0 Å². The number of aromatic nitrogens is 3. The minimum absolute atomic E-state index is 0.106. The van der Waals surface area contributed by atoms with E-state index in [0.717, 1.165) is 25.7 Å². The maximum absolute atomic E-state index is 13.4. The van der Waals surface area contributed by atoms with Crippen molar-refractivity contribution >= 4 is 34.4 Å². The predicted octanol–water partition coefficient (Wildman–Crippen LogP) is 4.28. The number of nitrogens with two attached hydrogens (primary N) is 1. The van der Waals surface area contributed by atoms with Crippen molar-refractivity contribution in [3.8, 4) is 0 Å². The summed E-state index contributed by atoms with van der Waals surface area (Å²) < 4.78 is 1.92. The highest BCUT2D eigenvalue weighted by atomic mass is 16.2. The second kappa shape index (κ2) is 8.75. The van der Waals surface area contributed by atoms with Gasteiger partial charge in [0.25, 0.3) is 0 Å². The van der Waals surface area contributed by atoms with Gasteiger partial charge >= 0.3 is 6.03 Å². The fourth-order valence-electron chi connectivity index (χ4n) is 4.17. The molecule has 0 saturated heterocycles. The first-order chi connectivity index (χ1) is 14.9. The Morgan fingerprint density at radius 2 is 1.94 bits per heavy atom. The monoisotopic (exact) mass is 420 g/mol. The van der Waals surface area contributed by atoms with Gasteiger partial charge in [-0.1, -0.05) is 31.4 Å². The predicted molar refractivity (Wildman–Crippen MR) is 121 cm³/mol. The number of amides is 2. The molecule has 1 aromatic carbocycles. The van der Waals surface area contributed by atoms with E-state index >= 15 is 0 Å². The summed E-state index contributed by atoms with van der Waals surface area (Å²) in [5.41, 5.74) is 8.20. The molecular formula is C23H28N6O2. The van der Waals surface area contributed by atoms with Gasteiger partial charge in [-0.05, 0) is 38.8 Å². The molecule has 0 unspecified atom stereocenters. The molecule has 3 aromatic rings. The minimum atomic E-state index is -0.245. The van der Waals surface area contributed by atoms with Crippen LogP contribution >= 0.6 is 0 Å². The van der Waals surface area contributed by atoms with Gasteiger partial charge in [-0.25, -0.2) is 14.8 Å². The molecule has 8 nitrogen and oxygen atoms in total. The van der Waals surface area contributed by atoms with Crippen LogP contribution in [0, 0.1) is 0 Å². The van der Waals surface area contributed by atoms with Crippen molar-refractivity contribution in [2.45, 2.75) is 58.0 Å². The summed E-state index contributed by atoms with van der Waals surface area (Å²) in [4.78, 5) is 34.1. The Balaban J connectivity index is 1.58. The Labute approximate surface area is 181 Å². The van der Waals surface area contributed by atoms with Crippen LogP contribution < -0.4 is 16.4 Å². The smallest absolute Gasteiger partial charge is 0.319 e. The van der Waals surface area contributed by atoms with Crippen LogP contribution in [0.25, 0.3) is 11.0 Å². The zero-order valence-corrected chi connectivity index (χ0v) is 17.9. The van der Waals surface area contributed by atoms with E-state index in [2.05, 4.69) is 20.6 Å². The van der Waals surface area contributed by atoms with Gasteiger partial charge in [-0.15, -0.1) is 0 Å². The Morgan fingerprint density at radius 1 is 1.16 bits per heavy atom. The molecule has 0 aliphatic heterocycles.